The normalized spacial score (nSPS) is 13.5. The van der Waals surface area contributed by atoms with Crippen molar-refractivity contribution in [3.8, 4) is 5.75 Å². The lowest BCUT2D eigenvalue weighted by Crippen LogP contribution is -2.38. The van der Waals surface area contributed by atoms with E-state index in [-0.39, 0.29) is 11.9 Å². The molecule has 0 spiro atoms. The Labute approximate surface area is 167 Å². The van der Waals surface area contributed by atoms with Gasteiger partial charge in [-0.1, -0.05) is 31.2 Å². The van der Waals surface area contributed by atoms with E-state index >= 15 is 0 Å². The molecule has 0 radical (unpaired) electrons. The van der Waals surface area contributed by atoms with Crippen LogP contribution in [0, 0.1) is 6.92 Å². The molecule has 0 saturated carbocycles. The Morgan fingerprint density at radius 3 is 2.29 bits per heavy atom. The summed E-state index contributed by atoms with van der Waals surface area (Å²) >= 11 is 0. The number of sulfonamides is 1. The van der Waals surface area contributed by atoms with Crippen LogP contribution in [0.15, 0.2) is 48.5 Å². The molecule has 2 atom stereocenters. The van der Waals surface area contributed by atoms with E-state index in [4.69, 9.17) is 4.74 Å². The maximum atomic E-state index is 12.6. The maximum Gasteiger partial charge on any atom is 0.261 e. The van der Waals surface area contributed by atoms with Gasteiger partial charge in [-0.05, 0) is 55.7 Å². The fourth-order valence-corrected chi connectivity index (χ4v) is 3.35. The van der Waals surface area contributed by atoms with Gasteiger partial charge in [0.25, 0.3) is 5.91 Å². The zero-order valence-corrected chi connectivity index (χ0v) is 17.8. The van der Waals surface area contributed by atoms with Crippen LogP contribution < -0.4 is 14.4 Å². The molecule has 7 heteroatoms. The molecule has 1 amide bonds. The first-order valence-electron chi connectivity index (χ1n) is 9.20. The van der Waals surface area contributed by atoms with Crippen molar-refractivity contribution in [1.29, 1.82) is 0 Å². The fourth-order valence-electron chi connectivity index (χ4n) is 2.85. The Morgan fingerprint density at radius 1 is 1.14 bits per heavy atom. The van der Waals surface area contributed by atoms with Crippen LogP contribution in [0.3, 0.4) is 0 Å². The standard InChI is InChI=1S/C21H28N2O4S/c1-6-20(19-10-8-7-9-15(19)2)22-21(24)16(3)27-18-13-11-17(12-14-18)23(4)28(5,25)26/h7-14,16,20H,6H2,1-5H3,(H,22,24). The van der Waals surface area contributed by atoms with Crippen molar-refractivity contribution in [3.05, 3.63) is 59.7 Å². The van der Waals surface area contributed by atoms with E-state index in [0.717, 1.165) is 23.8 Å². The summed E-state index contributed by atoms with van der Waals surface area (Å²) in [6.45, 7) is 5.75. The van der Waals surface area contributed by atoms with Gasteiger partial charge in [-0.2, -0.15) is 0 Å². The number of ether oxygens (including phenoxy) is 1. The third-order valence-corrected chi connectivity index (χ3v) is 5.87. The van der Waals surface area contributed by atoms with Crippen molar-refractivity contribution >= 4 is 21.6 Å². The van der Waals surface area contributed by atoms with E-state index in [0.29, 0.717) is 11.4 Å². The summed E-state index contributed by atoms with van der Waals surface area (Å²) < 4.78 is 30.1. The number of hydrogen-bond acceptors (Lipinski definition) is 4. The third kappa shape index (κ3) is 5.48. The van der Waals surface area contributed by atoms with E-state index in [1.807, 2.05) is 38.1 Å². The fraction of sp³-hybridized carbons (Fsp3) is 0.381. The molecule has 152 valence electrons. The molecule has 0 aliphatic carbocycles. The predicted octanol–water partition coefficient (Wildman–Crippen LogP) is 3.43. The summed E-state index contributed by atoms with van der Waals surface area (Å²) in [5.74, 6) is 0.296. The smallest absolute Gasteiger partial charge is 0.261 e. The van der Waals surface area contributed by atoms with Crippen molar-refractivity contribution in [2.75, 3.05) is 17.6 Å². The van der Waals surface area contributed by atoms with Crippen molar-refractivity contribution in [2.45, 2.75) is 39.3 Å². The van der Waals surface area contributed by atoms with Gasteiger partial charge in [-0.15, -0.1) is 0 Å². The minimum Gasteiger partial charge on any atom is -0.481 e. The van der Waals surface area contributed by atoms with Gasteiger partial charge < -0.3 is 10.1 Å². The second-order valence-electron chi connectivity index (χ2n) is 6.81. The lowest BCUT2D eigenvalue weighted by molar-refractivity contribution is -0.128. The van der Waals surface area contributed by atoms with Gasteiger partial charge in [-0.3, -0.25) is 9.10 Å². The van der Waals surface area contributed by atoms with Gasteiger partial charge in [-0.25, -0.2) is 8.42 Å². The lowest BCUT2D eigenvalue weighted by atomic mass is 9.99. The molecular formula is C21H28N2O4S. The molecule has 28 heavy (non-hydrogen) atoms. The number of carbonyl (C=O) groups excluding carboxylic acids is 1. The van der Waals surface area contributed by atoms with E-state index in [2.05, 4.69) is 5.32 Å². The summed E-state index contributed by atoms with van der Waals surface area (Å²) in [4.78, 5) is 12.6. The van der Waals surface area contributed by atoms with Crippen LogP contribution in [0.5, 0.6) is 5.75 Å². The van der Waals surface area contributed by atoms with Crippen molar-refractivity contribution in [1.82, 2.24) is 5.32 Å². The van der Waals surface area contributed by atoms with Crippen LogP contribution in [0.25, 0.3) is 0 Å². The van der Waals surface area contributed by atoms with Crippen LogP contribution in [0.2, 0.25) is 0 Å². The number of hydrogen-bond donors (Lipinski definition) is 1. The van der Waals surface area contributed by atoms with Gasteiger partial charge in [0, 0.05) is 7.05 Å². The molecule has 0 aromatic heterocycles. The quantitative estimate of drug-likeness (QED) is 0.731. The van der Waals surface area contributed by atoms with Crippen LogP contribution in [0.4, 0.5) is 5.69 Å². The Hall–Kier alpha value is -2.54. The number of amides is 1. The third-order valence-electron chi connectivity index (χ3n) is 4.67. The van der Waals surface area contributed by atoms with Crippen molar-refractivity contribution < 1.29 is 17.9 Å². The van der Waals surface area contributed by atoms with Crippen molar-refractivity contribution in [3.63, 3.8) is 0 Å². The summed E-state index contributed by atoms with van der Waals surface area (Å²) in [6.07, 6.45) is 1.23. The molecule has 2 aromatic rings. The second kappa shape index (κ2) is 9.10. The molecule has 1 N–H and O–H groups in total. The zero-order chi connectivity index (χ0) is 20.9. The van der Waals surface area contributed by atoms with Gasteiger partial charge in [0.1, 0.15) is 5.75 Å². The van der Waals surface area contributed by atoms with Crippen LogP contribution in [-0.4, -0.2) is 33.7 Å². The average Bonchev–Trinajstić information content (AvgIpc) is 2.65. The molecule has 0 fully saturated rings. The molecular weight excluding hydrogens is 376 g/mol. The van der Waals surface area contributed by atoms with E-state index < -0.39 is 16.1 Å². The predicted molar refractivity (Wildman–Crippen MR) is 112 cm³/mol. The Balaban J connectivity index is 2.03. The molecule has 0 bridgehead atoms. The number of nitrogens with zero attached hydrogens (tertiary/aromatic N) is 1. The van der Waals surface area contributed by atoms with Gasteiger partial charge in [0.15, 0.2) is 6.10 Å². The zero-order valence-electron chi connectivity index (χ0n) is 17.0. The monoisotopic (exact) mass is 404 g/mol. The summed E-state index contributed by atoms with van der Waals surface area (Å²) in [7, 11) is -1.84. The first-order chi connectivity index (χ1) is 13.1. The Morgan fingerprint density at radius 2 is 1.75 bits per heavy atom. The number of benzene rings is 2. The molecule has 2 unspecified atom stereocenters. The minimum absolute atomic E-state index is 0.0782. The summed E-state index contributed by atoms with van der Waals surface area (Å²) in [6, 6.07) is 14.5. The first-order valence-corrected chi connectivity index (χ1v) is 11.0. The molecule has 0 heterocycles. The molecule has 0 aliphatic rings. The average molecular weight is 405 g/mol. The number of rotatable bonds is 8. The number of aryl methyl sites for hydroxylation is 1. The van der Waals surface area contributed by atoms with E-state index in [9.17, 15) is 13.2 Å². The molecule has 6 nitrogen and oxygen atoms in total. The second-order valence-corrected chi connectivity index (χ2v) is 8.82. The van der Waals surface area contributed by atoms with Crippen LogP contribution in [0.1, 0.15) is 37.4 Å². The molecule has 2 rings (SSSR count). The highest BCUT2D eigenvalue weighted by molar-refractivity contribution is 7.92. The highest BCUT2D eigenvalue weighted by Gasteiger charge is 2.20. The largest absolute Gasteiger partial charge is 0.481 e. The summed E-state index contributed by atoms with van der Waals surface area (Å²) in [5.41, 5.74) is 2.75. The molecule has 2 aromatic carbocycles. The summed E-state index contributed by atoms with van der Waals surface area (Å²) in [5, 5.41) is 3.04. The highest BCUT2D eigenvalue weighted by Crippen LogP contribution is 2.23. The van der Waals surface area contributed by atoms with Gasteiger partial charge >= 0.3 is 0 Å². The highest BCUT2D eigenvalue weighted by atomic mass is 32.2. The van der Waals surface area contributed by atoms with Crippen LogP contribution >= 0.6 is 0 Å². The topological polar surface area (TPSA) is 75.7 Å². The van der Waals surface area contributed by atoms with E-state index in [1.54, 1.807) is 31.2 Å². The SMILES string of the molecule is CCC(NC(=O)C(C)Oc1ccc(N(C)S(C)(=O)=O)cc1)c1ccccc1C. The minimum atomic E-state index is -3.32. The van der Waals surface area contributed by atoms with Gasteiger partial charge in [0.2, 0.25) is 10.0 Å². The lowest BCUT2D eigenvalue weighted by Gasteiger charge is -2.22. The first kappa shape index (κ1) is 21.8. The van der Waals surface area contributed by atoms with Crippen molar-refractivity contribution in [2.24, 2.45) is 0 Å². The number of anilines is 1. The molecule has 0 saturated heterocycles. The number of nitrogens with one attached hydrogen (secondary N) is 1. The van der Waals surface area contributed by atoms with E-state index in [1.165, 1.54) is 11.4 Å². The van der Waals surface area contributed by atoms with Gasteiger partial charge in [0.05, 0.1) is 18.0 Å². The van der Waals surface area contributed by atoms with Crippen LogP contribution in [-0.2, 0) is 14.8 Å². The maximum absolute atomic E-state index is 12.6. The molecule has 0 aliphatic heterocycles. The number of carbonyl (C=O) groups is 1. The Kier molecular flexibility index (Phi) is 7.07. The Bertz CT molecular complexity index is 910.